The van der Waals surface area contributed by atoms with E-state index in [9.17, 15) is 0 Å². The van der Waals surface area contributed by atoms with Crippen molar-refractivity contribution in [2.45, 2.75) is 6.42 Å². The Balaban J connectivity index is 2.21. The maximum Gasteiger partial charge on any atom is 0.214 e. The summed E-state index contributed by atoms with van der Waals surface area (Å²) in [6, 6.07) is 7.76. The lowest BCUT2D eigenvalue weighted by Gasteiger charge is -2.00. The van der Waals surface area contributed by atoms with Gasteiger partial charge in [-0.05, 0) is 25.2 Å². The van der Waals surface area contributed by atoms with E-state index >= 15 is 0 Å². The van der Waals surface area contributed by atoms with Crippen LogP contribution in [-0.2, 0) is 13.5 Å². The Morgan fingerprint density at radius 3 is 3.00 bits per heavy atom. The van der Waals surface area contributed by atoms with Crippen molar-refractivity contribution in [3.05, 3.63) is 35.7 Å². The lowest BCUT2D eigenvalue weighted by Crippen LogP contribution is -2.12. The first-order valence-corrected chi connectivity index (χ1v) is 6.25. The second kappa shape index (κ2) is 4.41. The van der Waals surface area contributed by atoms with Crippen LogP contribution >= 0.6 is 0 Å². The Hall–Kier alpha value is -2.32. The average Bonchev–Trinajstić information content (AvgIpc) is 2.93. The lowest BCUT2D eigenvalue weighted by molar-refractivity contribution is 0.744. The molecule has 0 saturated heterocycles. The van der Waals surface area contributed by atoms with Crippen LogP contribution < -0.4 is 5.32 Å². The molecule has 0 aliphatic rings. The number of nitriles is 1. The summed E-state index contributed by atoms with van der Waals surface area (Å²) < 4.78 is 4.16. The predicted octanol–water partition coefficient (Wildman–Crippen LogP) is 1.46. The minimum Gasteiger partial charge on any atom is -0.319 e. The molecular weight excluding hydrogens is 238 g/mol. The minimum atomic E-state index is 0.662. The lowest BCUT2D eigenvalue weighted by atomic mass is 10.2. The maximum absolute atomic E-state index is 8.99. The van der Waals surface area contributed by atoms with Gasteiger partial charge in [-0.15, -0.1) is 0 Å². The standard InChI is InChI=1S/C14H15N5/c1-16-6-5-11-9-19-13-7-10(8-15)3-4-12(13)17-14(19)18(11)2/h3-4,7,9,16H,5-6H2,1-2H3. The van der Waals surface area contributed by atoms with Gasteiger partial charge in [-0.3, -0.25) is 4.40 Å². The molecule has 2 aromatic heterocycles. The molecule has 0 radical (unpaired) electrons. The van der Waals surface area contributed by atoms with E-state index in [0.717, 1.165) is 29.8 Å². The third-order valence-electron chi connectivity index (χ3n) is 3.44. The molecule has 0 bridgehead atoms. The molecule has 1 aromatic carbocycles. The van der Waals surface area contributed by atoms with Crippen LogP contribution in [0, 0.1) is 11.3 Å². The van der Waals surface area contributed by atoms with E-state index in [0.29, 0.717) is 5.56 Å². The number of aromatic nitrogens is 3. The van der Waals surface area contributed by atoms with Crippen LogP contribution in [-0.4, -0.2) is 27.5 Å². The summed E-state index contributed by atoms with van der Waals surface area (Å²) in [7, 11) is 3.97. The zero-order valence-electron chi connectivity index (χ0n) is 11.0. The fourth-order valence-corrected chi connectivity index (χ4v) is 2.36. The van der Waals surface area contributed by atoms with Gasteiger partial charge >= 0.3 is 0 Å². The highest BCUT2D eigenvalue weighted by Crippen LogP contribution is 2.20. The van der Waals surface area contributed by atoms with E-state index < -0.39 is 0 Å². The number of nitrogens with zero attached hydrogens (tertiary/aromatic N) is 4. The van der Waals surface area contributed by atoms with Gasteiger partial charge in [0, 0.05) is 31.9 Å². The molecule has 5 heteroatoms. The highest BCUT2D eigenvalue weighted by atomic mass is 15.2. The van der Waals surface area contributed by atoms with E-state index in [1.54, 1.807) is 6.07 Å². The number of likely N-dealkylation sites (N-methyl/N-ethyl adjacent to an activating group) is 1. The molecule has 2 heterocycles. The minimum absolute atomic E-state index is 0.662. The highest BCUT2D eigenvalue weighted by Gasteiger charge is 2.11. The number of imidazole rings is 2. The third kappa shape index (κ3) is 1.77. The molecule has 0 aliphatic carbocycles. The number of hydrogen-bond acceptors (Lipinski definition) is 3. The quantitative estimate of drug-likeness (QED) is 0.768. The van der Waals surface area contributed by atoms with E-state index in [-0.39, 0.29) is 0 Å². The van der Waals surface area contributed by atoms with Crippen LogP contribution in [0.3, 0.4) is 0 Å². The normalized spacial score (nSPS) is 11.2. The molecule has 0 saturated carbocycles. The molecule has 96 valence electrons. The van der Waals surface area contributed by atoms with Crippen LogP contribution in [0.2, 0.25) is 0 Å². The summed E-state index contributed by atoms with van der Waals surface area (Å²) in [6.45, 7) is 0.933. The second-order valence-electron chi connectivity index (χ2n) is 4.63. The molecule has 1 N–H and O–H groups in total. The highest BCUT2D eigenvalue weighted by molar-refractivity contribution is 5.81. The van der Waals surface area contributed by atoms with Gasteiger partial charge in [-0.1, -0.05) is 0 Å². The van der Waals surface area contributed by atoms with Crippen LogP contribution in [0.25, 0.3) is 16.8 Å². The van der Waals surface area contributed by atoms with Crippen molar-refractivity contribution in [3.63, 3.8) is 0 Å². The zero-order chi connectivity index (χ0) is 13.4. The number of benzene rings is 1. The van der Waals surface area contributed by atoms with Crippen molar-refractivity contribution in [2.75, 3.05) is 13.6 Å². The van der Waals surface area contributed by atoms with Crippen molar-refractivity contribution in [1.82, 2.24) is 19.3 Å². The first-order chi connectivity index (χ1) is 9.24. The van der Waals surface area contributed by atoms with E-state index in [2.05, 4.69) is 31.5 Å². The zero-order valence-corrected chi connectivity index (χ0v) is 11.0. The molecule has 0 aliphatic heterocycles. The molecule has 5 nitrogen and oxygen atoms in total. The van der Waals surface area contributed by atoms with Crippen LogP contribution in [0.15, 0.2) is 24.4 Å². The first kappa shape index (κ1) is 11.8. The molecule has 0 spiro atoms. The summed E-state index contributed by atoms with van der Waals surface area (Å²) in [5, 5.41) is 12.1. The topological polar surface area (TPSA) is 58.0 Å². The average molecular weight is 253 g/mol. The fourth-order valence-electron chi connectivity index (χ4n) is 2.36. The molecule has 19 heavy (non-hydrogen) atoms. The largest absolute Gasteiger partial charge is 0.319 e. The summed E-state index contributed by atoms with van der Waals surface area (Å²) in [6.07, 6.45) is 3.05. The molecular formula is C14H15N5. The van der Waals surface area contributed by atoms with Gasteiger partial charge in [0.2, 0.25) is 5.78 Å². The molecule has 0 fully saturated rings. The number of rotatable bonds is 3. The summed E-state index contributed by atoms with van der Waals surface area (Å²) in [5.41, 5.74) is 3.79. The Labute approximate surface area is 111 Å². The van der Waals surface area contributed by atoms with E-state index in [1.807, 2.05) is 26.2 Å². The van der Waals surface area contributed by atoms with Gasteiger partial charge in [-0.25, -0.2) is 4.98 Å². The summed E-state index contributed by atoms with van der Waals surface area (Å²) >= 11 is 0. The van der Waals surface area contributed by atoms with Gasteiger partial charge in [-0.2, -0.15) is 5.26 Å². The smallest absolute Gasteiger partial charge is 0.214 e. The molecule has 0 unspecified atom stereocenters. The second-order valence-corrected chi connectivity index (χ2v) is 4.63. The number of aryl methyl sites for hydroxylation is 1. The van der Waals surface area contributed by atoms with Crippen LogP contribution in [0.5, 0.6) is 0 Å². The molecule has 3 rings (SSSR count). The number of hydrogen-bond donors (Lipinski definition) is 1. The van der Waals surface area contributed by atoms with Crippen LogP contribution in [0.1, 0.15) is 11.3 Å². The Morgan fingerprint density at radius 2 is 2.26 bits per heavy atom. The van der Waals surface area contributed by atoms with Crippen LogP contribution in [0.4, 0.5) is 0 Å². The molecule has 3 aromatic rings. The van der Waals surface area contributed by atoms with Gasteiger partial charge in [0.05, 0.1) is 22.7 Å². The molecule has 0 atom stereocenters. The third-order valence-corrected chi connectivity index (χ3v) is 3.44. The van der Waals surface area contributed by atoms with Crippen molar-refractivity contribution in [2.24, 2.45) is 7.05 Å². The Bertz CT molecular complexity index is 787. The van der Waals surface area contributed by atoms with Crippen molar-refractivity contribution >= 4 is 16.8 Å². The first-order valence-electron chi connectivity index (χ1n) is 6.25. The van der Waals surface area contributed by atoms with Crippen molar-refractivity contribution < 1.29 is 0 Å². The number of nitrogens with one attached hydrogen (secondary N) is 1. The SMILES string of the molecule is CNCCc1cn2c3cc(C#N)ccc3nc2n1C. The summed E-state index contributed by atoms with van der Waals surface area (Å²) in [5.74, 6) is 0.913. The monoisotopic (exact) mass is 253 g/mol. The van der Waals surface area contributed by atoms with Gasteiger partial charge in [0.15, 0.2) is 0 Å². The van der Waals surface area contributed by atoms with Gasteiger partial charge in [0.1, 0.15) is 0 Å². The predicted molar refractivity (Wildman–Crippen MR) is 74.0 cm³/mol. The number of fused-ring (bicyclic) bond motifs is 3. The van der Waals surface area contributed by atoms with Crippen molar-refractivity contribution in [1.29, 1.82) is 5.26 Å². The Kier molecular flexibility index (Phi) is 2.73. The van der Waals surface area contributed by atoms with Gasteiger partial charge < -0.3 is 9.88 Å². The molecule has 0 amide bonds. The van der Waals surface area contributed by atoms with Crippen molar-refractivity contribution in [3.8, 4) is 6.07 Å². The fraction of sp³-hybridized carbons (Fsp3) is 0.286. The van der Waals surface area contributed by atoms with E-state index in [4.69, 9.17) is 5.26 Å². The van der Waals surface area contributed by atoms with E-state index in [1.165, 1.54) is 5.69 Å². The maximum atomic E-state index is 8.99. The Morgan fingerprint density at radius 1 is 1.42 bits per heavy atom. The van der Waals surface area contributed by atoms with Gasteiger partial charge in [0.25, 0.3) is 0 Å². The summed E-state index contributed by atoms with van der Waals surface area (Å²) in [4.78, 5) is 4.61.